The number of rotatable bonds is 5. The molecule has 0 N–H and O–H groups in total. The number of thioether (sulfide) groups is 1. The molecule has 7 nitrogen and oxygen atoms in total. The van der Waals surface area contributed by atoms with E-state index in [9.17, 15) is 4.79 Å². The van der Waals surface area contributed by atoms with E-state index < -0.39 is 6.23 Å². The van der Waals surface area contributed by atoms with E-state index in [1.54, 1.807) is 12.0 Å². The number of nitrogens with zero attached hydrogens (tertiary/aromatic N) is 4. The van der Waals surface area contributed by atoms with Crippen molar-refractivity contribution in [2.45, 2.75) is 31.7 Å². The van der Waals surface area contributed by atoms with Gasteiger partial charge < -0.3 is 9.47 Å². The zero-order chi connectivity index (χ0) is 21.1. The first-order chi connectivity index (χ1) is 14.6. The molecular weight excluding hydrogens is 400 g/mol. The summed E-state index contributed by atoms with van der Waals surface area (Å²) in [6, 6.07) is 15.0. The van der Waals surface area contributed by atoms with Crippen molar-refractivity contribution < 1.29 is 14.3 Å². The lowest BCUT2D eigenvalue weighted by Gasteiger charge is -2.30. The minimum atomic E-state index is -0.762. The fraction of sp³-hybridized carbons (Fsp3) is 0.273. The molecule has 0 aliphatic carbocycles. The molecule has 2 heterocycles. The maximum absolute atomic E-state index is 12.8. The van der Waals surface area contributed by atoms with Gasteiger partial charge in [0, 0.05) is 18.2 Å². The van der Waals surface area contributed by atoms with Crippen molar-refractivity contribution in [2.75, 3.05) is 17.8 Å². The first kappa shape index (κ1) is 20.2. The third kappa shape index (κ3) is 3.70. The molecule has 30 heavy (non-hydrogen) atoms. The van der Waals surface area contributed by atoms with E-state index in [0.29, 0.717) is 28.2 Å². The van der Waals surface area contributed by atoms with Crippen LogP contribution in [-0.4, -0.2) is 34.0 Å². The number of anilines is 1. The summed E-state index contributed by atoms with van der Waals surface area (Å²) in [5, 5.41) is 9.22. The number of benzene rings is 2. The Hall–Kier alpha value is -3.13. The number of carbonyl (C=O) groups excluding carboxylic acids is 1. The Morgan fingerprint density at radius 2 is 1.93 bits per heavy atom. The van der Waals surface area contributed by atoms with Gasteiger partial charge in [0.15, 0.2) is 5.69 Å². The van der Waals surface area contributed by atoms with Crippen LogP contribution in [0.2, 0.25) is 0 Å². The number of methoxy groups -OCH3 is 1. The highest BCUT2D eigenvalue weighted by Gasteiger charge is 2.35. The number of ether oxygens (including phenoxy) is 2. The highest BCUT2D eigenvalue weighted by Crippen LogP contribution is 2.44. The summed E-state index contributed by atoms with van der Waals surface area (Å²) >= 11 is 1.52. The Morgan fingerprint density at radius 1 is 1.17 bits per heavy atom. The third-order valence-electron chi connectivity index (χ3n) is 4.69. The monoisotopic (exact) mass is 422 g/mol. The normalized spacial score (nSPS) is 14.9. The van der Waals surface area contributed by atoms with Crippen molar-refractivity contribution >= 4 is 23.4 Å². The van der Waals surface area contributed by atoms with E-state index in [2.05, 4.69) is 22.1 Å². The summed E-state index contributed by atoms with van der Waals surface area (Å²) in [6.07, 6.45) is 0.235. The number of fused-ring (bicyclic) bond motifs is 3. The van der Waals surface area contributed by atoms with Crippen molar-refractivity contribution in [3.05, 3.63) is 54.1 Å². The fourth-order valence-electron chi connectivity index (χ4n) is 3.38. The van der Waals surface area contributed by atoms with Crippen LogP contribution < -0.4 is 14.4 Å². The Balaban J connectivity index is 1.93. The van der Waals surface area contributed by atoms with E-state index in [-0.39, 0.29) is 5.91 Å². The molecule has 0 unspecified atom stereocenters. The van der Waals surface area contributed by atoms with E-state index >= 15 is 0 Å². The van der Waals surface area contributed by atoms with Crippen LogP contribution in [0.25, 0.3) is 11.3 Å². The number of carbonyl (C=O) groups is 1. The van der Waals surface area contributed by atoms with Gasteiger partial charge in [0.25, 0.3) is 0 Å². The van der Waals surface area contributed by atoms with E-state index in [4.69, 9.17) is 9.47 Å². The average molecular weight is 423 g/mol. The summed E-state index contributed by atoms with van der Waals surface area (Å²) in [4.78, 5) is 19.0. The number of aromatic nitrogens is 3. The van der Waals surface area contributed by atoms with Crippen LogP contribution >= 0.6 is 11.8 Å². The first-order valence-corrected chi connectivity index (χ1v) is 10.7. The van der Waals surface area contributed by atoms with Crippen molar-refractivity contribution in [3.63, 3.8) is 0 Å². The molecule has 1 aromatic heterocycles. The van der Waals surface area contributed by atoms with Crippen LogP contribution in [-0.2, 0) is 4.79 Å². The topological polar surface area (TPSA) is 77.4 Å². The Kier molecular flexibility index (Phi) is 5.85. The van der Waals surface area contributed by atoms with Crippen LogP contribution in [0.3, 0.4) is 0 Å². The van der Waals surface area contributed by atoms with Crippen LogP contribution in [0.5, 0.6) is 11.6 Å². The molecule has 3 aromatic rings. The highest BCUT2D eigenvalue weighted by atomic mass is 32.2. The summed E-state index contributed by atoms with van der Waals surface area (Å²) in [7, 11) is 1.60. The van der Waals surface area contributed by atoms with E-state index in [1.807, 2.05) is 48.5 Å². The molecule has 154 valence electrons. The lowest BCUT2D eigenvalue weighted by molar-refractivity contribution is -0.118. The van der Waals surface area contributed by atoms with Gasteiger partial charge in [0.1, 0.15) is 5.75 Å². The second kappa shape index (κ2) is 8.71. The molecule has 2 aromatic carbocycles. The predicted octanol–water partition coefficient (Wildman–Crippen LogP) is 4.49. The Labute approximate surface area is 179 Å². The minimum Gasteiger partial charge on any atom is -0.496 e. The SMILES string of the molecule is CCCSc1nnc2c(n1)O[C@H](c1ccccc1OC)N(C(C)=O)c1ccccc1-2. The van der Waals surface area contributed by atoms with Gasteiger partial charge in [-0.25, -0.2) is 0 Å². The number of hydrogen-bond donors (Lipinski definition) is 0. The average Bonchev–Trinajstić information content (AvgIpc) is 2.91. The second-order valence-corrected chi connectivity index (χ2v) is 7.78. The first-order valence-electron chi connectivity index (χ1n) is 9.70. The third-order valence-corrected chi connectivity index (χ3v) is 5.73. The van der Waals surface area contributed by atoms with Gasteiger partial charge in [-0.2, -0.15) is 4.98 Å². The van der Waals surface area contributed by atoms with Crippen molar-refractivity contribution in [1.29, 1.82) is 0 Å². The summed E-state index contributed by atoms with van der Waals surface area (Å²) in [6.45, 7) is 3.61. The lowest BCUT2D eigenvalue weighted by Crippen LogP contribution is -2.36. The van der Waals surface area contributed by atoms with Gasteiger partial charge in [-0.1, -0.05) is 49.0 Å². The fourth-order valence-corrected chi connectivity index (χ4v) is 4.01. The van der Waals surface area contributed by atoms with Crippen molar-refractivity contribution in [1.82, 2.24) is 15.2 Å². The maximum Gasteiger partial charge on any atom is 0.247 e. The molecule has 1 aliphatic heterocycles. The number of amides is 1. The number of hydrogen-bond acceptors (Lipinski definition) is 7. The van der Waals surface area contributed by atoms with Gasteiger partial charge in [0.2, 0.25) is 23.2 Å². The largest absolute Gasteiger partial charge is 0.496 e. The van der Waals surface area contributed by atoms with Crippen molar-refractivity contribution in [2.24, 2.45) is 0 Å². The molecular formula is C22H22N4O3S. The second-order valence-electron chi connectivity index (χ2n) is 6.71. The molecule has 0 saturated carbocycles. The molecule has 0 radical (unpaired) electrons. The highest BCUT2D eigenvalue weighted by molar-refractivity contribution is 7.99. The van der Waals surface area contributed by atoms with Gasteiger partial charge in [-0.05, 0) is 24.6 Å². The van der Waals surface area contributed by atoms with E-state index in [1.165, 1.54) is 18.7 Å². The predicted molar refractivity (Wildman–Crippen MR) is 116 cm³/mol. The lowest BCUT2D eigenvalue weighted by atomic mass is 10.1. The molecule has 8 heteroatoms. The standard InChI is InChI=1S/C22H22N4O3S/c1-4-13-30-22-23-20-19(24-25-22)15-9-5-7-11-17(15)26(14(2)27)21(29-20)16-10-6-8-12-18(16)28-3/h5-12,21H,4,13H2,1-3H3/t21-/m1/s1. The van der Waals surface area contributed by atoms with Gasteiger partial charge in [0.05, 0.1) is 18.4 Å². The molecule has 0 spiro atoms. The summed E-state index contributed by atoms with van der Waals surface area (Å²) in [5.41, 5.74) is 2.66. The smallest absolute Gasteiger partial charge is 0.247 e. The van der Waals surface area contributed by atoms with Crippen LogP contribution in [0.1, 0.15) is 32.1 Å². The van der Waals surface area contributed by atoms with Gasteiger partial charge >= 0.3 is 0 Å². The Morgan fingerprint density at radius 3 is 2.70 bits per heavy atom. The van der Waals surface area contributed by atoms with Crippen LogP contribution in [0, 0.1) is 0 Å². The van der Waals surface area contributed by atoms with Crippen molar-refractivity contribution in [3.8, 4) is 22.9 Å². The zero-order valence-corrected chi connectivity index (χ0v) is 17.8. The zero-order valence-electron chi connectivity index (χ0n) is 17.0. The summed E-state index contributed by atoms with van der Waals surface area (Å²) < 4.78 is 11.9. The quantitative estimate of drug-likeness (QED) is 0.561. The molecule has 1 atom stereocenters. The molecule has 1 aliphatic rings. The van der Waals surface area contributed by atoms with E-state index in [0.717, 1.165) is 23.3 Å². The minimum absolute atomic E-state index is 0.167. The number of para-hydroxylation sites is 2. The molecule has 1 amide bonds. The molecule has 0 bridgehead atoms. The molecule has 4 rings (SSSR count). The van der Waals surface area contributed by atoms with Crippen LogP contribution in [0.4, 0.5) is 5.69 Å². The molecule has 0 saturated heterocycles. The van der Waals surface area contributed by atoms with Gasteiger partial charge in [-0.3, -0.25) is 9.69 Å². The van der Waals surface area contributed by atoms with Gasteiger partial charge in [-0.15, -0.1) is 10.2 Å². The molecule has 0 fully saturated rings. The Bertz CT molecular complexity index is 1080. The maximum atomic E-state index is 12.8. The summed E-state index contributed by atoms with van der Waals surface area (Å²) in [5.74, 6) is 1.68. The van der Waals surface area contributed by atoms with Crippen LogP contribution in [0.15, 0.2) is 53.7 Å².